The van der Waals surface area contributed by atoms with Crippen LogP contribution in [0.2, 0.25) is 0 Å². The van der Waals surface area contributed by atoms with E-state index in [-0.39, 0.29) is 0 Å². The molecule has 11 heavy (non-hydrogen) atoms. The van der Waals surface area contributed by atoms with Crippen molar-refractivity contribution in [1.29, 1.82) is 0 Å². The molecule has 0 saturated carbocycles. The van der Waals surface area contributed by atoms with Gasteiger partial charge in [-0.25, -0.2) is 10.0 Å². The summed E-state index contributed by atoms with van der Waals surface area (Å²) in [6, 6.07) is 0. The quantitative estimate of drug-likeness (QED) is 0.653. The molecule has 0 bridgehead atoms. The lowest BCUT2D eigenvalue weighted by molar-refractivity contribution is 0.998. The van der Waals surface area contributed by atoms with Crippen molar-refractivity contribution in [3.05, 3.63) is 0 Å². The average Bonchev–Trinajstić information content (AvgIpc) is 1.84. The maximum absolute atomic E-state index is 4.59. The SMILES string of the molecule is CC(C)S(C)(C(C)C)C(C)S. The van der Waals surface area contributed by atoms with Gasteiger partial charge in [-0.05, 0) is 23.7 Å². The van der Waals surface area contributed by atoms with E-state index in [4.69, 9.17) is 0 Å². The smallest absolute Gasteiger partial charge is 0.0291 e. The van der Waals surface area contributed by atoms with Gasteiger partial charge in [-0.2, -0.15) is 12.6 Å². The van der Waals surface area contributed by atoms with Crippen LogP contribution in [-0.4, -0.2) is 21.3 Å². The Morgan fingerprint density at radius 1 is 0.909 bits per heavy atom. The summed E-state index contributed by atoms with van der Waals surface area (Å²) in [5.41, 5.74) is 0. The molecule has 0 aromatic heterocycles. The van der Waals surface area contributed by atoms with Crippen LogP contribution in [0.5, 0.6) is 0 Å². The summed E-state index contributed by atoms with van der Waals surface area (Å²) < 4.78 is 0.558. The first kappa shape index (κ1) is 11.7. The highest BCUT2D eigenvalue weighted by atomic mass is 32.3. The summed E-state index contributed by atoms with van der Waals surface area (Å²) in [5.74, 6) is 0. The molecule has 2 heteroatoms. The van der Waals surface area contributed by atoms with Crippen LogP contribution in [0.4, 0.5) is 0 Å². The van der Waals surface area contributed by atoms with Crippen molar-refractivity contribution in [2.45, 2.75) is 49.7 Å². The lowest BCUT2D eigenvalue weighted by Crippen LogP contribution is -2.25. The third kappa shape index (κ3) is 2.32. The predicted molar refractivity (Wildman–Crippen MR) is 62.2 cm³/mol. The van der Waals surface area contributed by atoms with Gasteiger partial charge in [-0.15, -0.1) is 0 Å². The van der Waals surface area contributed by atoms with Crippen LogP contribution in [0.3, 0.4) is 0 Å². The second-order valence-electron chi connectivity index (χ2n) is 3.81. The fourth-order valence-corrected chi connectivity index (χ4v) is 5.46. The Morgan fingerprint density at radius 2 is 1.18 bits per heavy atom. The Morgan fingerprint density at radius 3 is 1.18 bits per heavy atom. The lowest BCUT2D eigenvalue weighted by atomic mass is 10.5. The van der Waals surface area contributed by atoms with E-state index in [9.17, 15) is 0 Å². The molecule has 1 atom stereocenters. The highest BCUT2D eigenvalue weighted by Crippen LogP contribution is 2.58. The van der Waals surface area contributed by atoms with Crippen molar-refractivity contribution < 1.29 is 0 Å². The van der Waals surface area contributed by atoms with E-state index in [1.54, 1.807) is 0 Å². The van der Waals surface area contributed by atoms with Crippen molar-refractivity contribution in [3.63, 3.8) is 0 Å². The molecule has 0 spiro atoms. The van der Waals surface area contributed by atoms with Crippen molar-refractivity contribution >= 4 is 22.7 Å². The Hall–Kier alpha value is 0.700. The second-order valence-corrected chi connectivity index (χ2v) is 9.76. The summed E-state index contributed by atoms with van der Waals surface area (Å²) in [6.45, 7) is 11.5. The standard InChI is InChI=1S/C9H22S2/c1-7(2)11(6,8(3)4)9(5)10/h7-10H,1-6H3. The zero-order valence-corrected chi connectivity index (χ0v) is 10.3. The maximum Gasteiger partial charge on any atom is 0.0291 e. The summed E-state index contributed by atoms with van der Waals surface area (Å²) in [5, 5.41) is 1.57. The Labute approximate surface area is 78.9 Å². The van der Waals surface area contributed by atoms with E-state index in [1.807, 2.05) is 0 Å². The minimum Gasteiger partial charge on any atom is -0.228 e. The normalized spacial score (nSPS) is 17.5. The van der Waals surface area contributed by atoms with Crippen LogP contribution in [0.15, 0.2) is 0 Å². The predicted octanol–water partition coefficient (Wildman–Crippen LogP) is 3.51. The van der Waals surface area contributed by atoms with Crippen molar-refractivity contribution in [1.82, 2.24) is 0 Å². The highest BCUT2D eigenvalue weighted by molar-refractivity contribution is 8.38. The fraction of sp³-hybridized carbons (Fsp3) is 1.00. The first-order valence-corrected chi connectivity index (χ1v) is 7.01. The summed E-state index contributed by atoms with van der Waals surface area (Å²) in [6.07, 6.45) is 2.42. The van der Waals surface area contributed by atoms with Crippen molar-refractivity contribution in [2.24, 2.45) is 0 Å². The largest absolute Gasteiger partial charge is 0.228 e. The number of hydrogen-bond donors (Lipinski definition) is 1. The van der Waals surface area contributed by atoms with E-state index >= 15 is 0 Å². The molecule has 0 saturated heterocycles. The van der Waals surface area contributed by atoms with E-state index < -0.39 is 10.0 Å². The van der Waals surface area contributed by atoms with Gasteiger partial charge in [0, 0.05) is 4.58 Å². The Kier molecular flexibility index (Phi) is 4.34. The molecule has 0 fully saturated rings. The van der Waals surface area contributed by atoms with Gasteiger partial charge < -0.3 is 0 Å². The van der Waals surface area contributed by atoms with Gasteiger partial charge in [0.25, 0.3) is 0 Å². The average molecular weight is 194 g/mol. The molecule has 0 nitrogen and oxygen atoms in total. The summed E-state index contributed by atoms with van der Waals surface area (Å²) >= 11 is 4.59. The molecule has 1 unspecified atom stereocenters. The zero-order valence-electron chi connectivity index (χ0n) is 8.59. The van der Waals surface area contributed by atoms with E-state index in [0.29, 0.717) is 4.58 Å². The van der Waals surface area contributed by atoms with Gasteiger partial charge in [0.05, 0.1) is 0 Å². The van der Waals surface area contributed by atoms with E-state index in [2.05, 4.69) is 53.5 Å². The maximum atomic E-state index is 4.59. The van der Waals surface area contributed by atoms with Gasteiger partial charge in [0.1, 0.15) is 0 Å². The van der Waals surface area contributed by atoms with E-state index in [0.717, 1.165) is 10.5 Å². The molecule has 0 aromatic carbocycles. The third-order valence-electron chi connectivity index (χ3n) is 2.77. The van der Waals surface area contributed by atoms with Crippen LogP contribution >= 0.6 is 22.7 Å². The van der Waals surface area contributed by atoms with Crippen LogP contribution in [-0.2, 0) is 0 Å². The van der Waals surface area contributed by atoms with Crippen molar-refractivity contribution in [3.8, 4) is 0 Å². The lowest BCUT2D eigenvalue weighted by Gasteiger charge is -2.47. The van der Waals surface area contributed by atoms with Crippen LogP contribution in [0.25, 0.3) is 0 Å². The summed E-state index contributed by atoms with van der Waals surface area (Å²) in [7, 11) is -0.525. The monoisotopic (exact) mass is 194 g/mol. The third-order valence-corrected chi connectivity index (χ3v) is 9.66. The minimum absolute atomic E-state index is 0.525. The van der Waals surface area contributed by atoms with Gasteiger partial charge in [-0.3, -0.25) is 0 Å². The molecule has 70 valence electrons. The molecule has 0 aromatic rings. The molecule has 0 aliphatic rings. The number of thiol groups is 1. The van der Waals surface area contributed by atoms with Crippen LogP contribution < -0.4 is 0 Å². The molecule has 0 aliphatic heterocycles. The van der Waals surface area contributed by atoms with Gasteiger partial charge in [0.2, 0.25) is 0 Å². The minimum atomic E-state index is -0.525. The zero-order chi connectivity index (χ0) is 9.23. The van der Waals surface area contributed by atoms with E-state index in [1.165, 1.54) is 0 Å². The number of hydrogen-bond acceptors (Lipinski definition) is 1. The molecule has 0 aliphatic carbocycles. The molecule has 0 heterocycles. The summed E-state index contributed by atoms with van der Waals surface area (Å²) in [4.78, 5) is 0. The van der Waals surface area contributed by atoms with Gasteiger partial charge in [-0.1, -0.05) is 27.7 Å². The van der Waals surface area contributed by atoms with Gasteiger partial charge in [0.15, 0.2) is 0 Å². The fourth-order valence-electron chi connectivity index (χ4n) is 1.33. The molecular weight excluding hydrogens is 172 g/mol. The van der Waals surface area contributed by atoms with Crippen LogP contribution in [0.1, 0.15) is 34.6 Å². The van der Waals surface area contributed by atoms with Crippen molar-refractivity contribution in [2.75, 3.05) is 6.26 Å². The molecule has 0 amide bonds. The van der Waals surface area contributed by atoms with Gasteiger partial charge >= 0.3 is 0 Å². The molecule has 0 N–H and O–H groups in total. The topological polar surface area (TPSA) is 0 Å². The second kappa shape index (κ2) is 4.08. The highest BCUT2D eigenvalue weighted by Gasteiger charge is 2.29. The molecule has 0 radical (unpaired) electrons. The first-order valence-electron chi connectivity index (χ1n) is 4.26. The molecule has 0 rings (SSSR count). The Balaban J connectivity index is 4.53. The molecular formula is C9H22S2. The van der Waals surface area contributed by atoms with Crippen LogP contribution in [0, 0.1) is 0 Å². The first-order chi connectivity index (χ1) is 4.83. The Bertz CT molecular complexity index is 95.0. The number of rotatable bonds is 3.